The van der Waals surface area contributed by atoms with Gasteiger partial charge < -0.3 is 15.1 Å². The first-order valence-electron chi connectivity index (χ1n) is 5.86. The predicted molar refractivity (Wildman–Crippen MR) is 74.9 cm³/mol. The number of anilines is 2. The van der Waals surface area contributed by atoms with Crippen LogP contribution in [0.2, 0.25) is 0 Å². The van der Waals surface area contributed by atoms with Crippen molar-refractivity contribution in [1.82, 2.24) is 9.97 Å². The lowest BCUT2D eigenvalue weighted by atomic mass is 10.2. The third-order valence-corrected chi connectivity index (χ3v) is 2.76. The van der Waals surface area contributed by atoms with Crippen molar-refractivity contribution >= 4 is 11.6 Å². The van der Waals surface area contributed by atoms with Crippen molar-refractivity contribution < 1.29 is 4.74 Å². The van der Waals surface area contributed by atoms with Crippen LogP contribution in [0.3, 0.4) is 0 Å². The van der Waals surface area contributed by atoms with Gasteiger partial charge >= 0.3 is 0 Å². The molecule has 2 rings (SSSR count). The Morgan fingerprint density at radius 2 is 2.11 bits per heavy atom. The number of hydrazine groups is 1. The van der Waals surface area contributed by atoms with Gasteiger partial charge in [-0.25, -0.2) is 10.8 Å². The first-order chi connectivity index (χ1) is 9.24. The van der Waals surface area contributed by atoms with Crippen LogP contribution in [0.4, 0.5) is 11.6 Å². The molecule has 2 aromatic rings. The van der Waals surface area contributed by atoms with E-state index in [0.717, 1.165) is 17.1 Å². The third-order valence-electron chi connectivity index (χ3n) is 2.76. The van der Waals surface area contributed by atoms with Crippen LogP contribution in [0, 0.1) is 0 Å². The highest BCUT2D eigenvalue weighted by molar-refractivity contribution is 5.44. The van der Waals surface area contributed by atoms with Crippen molar-refractivity contribution in [2.24, 2.45) is 5.84 Å². The number of ether oxygens (including phenoxy) is 1. The predicted octanol–water partition coefficient (Wildman–Crippen LogP) is 1.41. The Morgan fingerprint density at radius 1 is 1.32 bits per heavy atom. The summed E-state index contributed by atoms with van der Waals surface area (Å²) < 4.78 is 5.33. The van der Waals surface area contributed by atoms with Gasteiger partial charge in [-0.15, -0.1) is 0 Å². The molecule has 0 bridgehead atoms. The van der Waals surface area contributed by atoms with E-state index in [1.807, 2.05) is 36.2 Å². The fourth-order valence-electron chi connectivity index (χ4n) is 1.78. The van der Waals surface area contributed by atoms with Crippen LogP contribution in [-0.4, -0.2) is 24.1 Å². The van der Waals surface area contributed by atoms with Crippen LogP contribution in [-0.2, 0) is 6.54 Å². The molecule has 0 radical (unpaired) electrons. The Labute approximate surface area is 112 Å². The van der Waals surface area contributed by atoms with E-state index in [4.69, 9.17) is 10.6 Å². The first kappa shape index (κ1) is 13.1. The molecule has 1 aromatic carbocycles. The molecule has 0 atom stereocenters. The maximum Gasteiger partial charge on any atom is 0.160 e. The number of methoxy groups -OCH3 is 1. The van der Waals surface area contributed by atoms with Crippen molar-refractivity contribution in [3.05, 3.63) is 42.2 Å². The number of nitrogens with one attached hydrogen (secondary N) is 1. The van der Waals surface area contributed by atoms with Gasteiger partial charge in [0.15, 0.2) is 5.82 Å². The van der Waals surface area contributed by atoms with Crippen LogP contribution in [0.1, 0.15) is 5.56 Å². The van der Waals surface area contributed by atoms with Gasteiger partial charge in [-0.3, -0.25) is 4.98 Å². The number of aromatic nitrogens is 2. The summed E-state index contributed by atoms with van der Waals surface area (Å²) in [5.41, 5.74) is 3.57. The molecular formula is C13H17N5O. The number of nitrogens with zero attached hydrogens (tertiary/aromatic N) is 3. The van der Waals surface area contributed by atoms with Gasteiger partial charge in [0.1, 0.15) is 11.6 Å². The second-order valence-corrected chi connectivity index (χ2v) is 4.07. The molecule has 100 valence electrons. The quantitative estimate of drug-likeness (QED) is 0.624. The van der Waals surface area contributed by atoms with E-state index < -0.39 is 0 Å². The van der Waals surface area contributed by atoms with Gasteiger partial charge in [0.2, 0.25) is 0 Å². The zero-order chi connectivity index (χ0) is 13.7. The van der Waals surface area contributed by atoms with Crippen LogP contribution >= 0.6 is 0 Å². The summed E-state index contributed by atoms with van der Waals surface area (Å²) in [7, 11) is 3.61. The maximum absolute atomic E-state index is 5.33. The molecule has 19 heavy (non-hydrogen) atoms. The van der Waals surface area contributed by atoms with Gasteiger partial charge in [0.05, 0.1) is 19.5 Å². The van der Waals surface area contributed by atoms with E-state index in [1.54, 1.807) is 19.5 Å². The maximum atomic E-state index is 5.33. The fraction of sp³-hybridized carbons (Fsp3) is 0.231. The molecule has 0 aliphatic carbocycles. The zero-order valence-corrected chi connectivity index (χ0v) is 11.0. The number of nitrogens with two attached hydrogens (primary N) is 1. The Hall–Kier alpha value is -2.34. The lowest BCUT2D eigenvalue weighted by Gasteiger charge is -2.19. The minimum absolute atomic E-state index is 0.532. The number of nitrogen functional groups attached to an aromatic ring is 1. The van der Waals surface area contributed by atoms with Gasteiger partial charge in [-0.1, -0.05) is 18.2 Å². The van der Waals surface area contributed by atoms with Crippen LogP contribution < -0.4 is 20.9 Å². The SMILES string of the molecule is COc1ccccc1CN(C)c1cncc(NN)n1. The highest BCUT2D eigenvalue weighted by atomic mass is 16.5. The number of rotatable bonds is 5. The lowest BCUT2D eigenvalue weighted by Crippen LogP contribution is -2.19. The van der Waals surface area contributed by atoms with Crippen molar-refractivity contribution in [1.29, 1.82) is 0 Å². The molecule has 0 saturated heterocycles. The monoisotopic (exact) mass is 259 g/mol. The summed E-state index contributed by atoms with van der Waals surface area (Å²) in [6, 6.07) is 7.89. The van der Waals surface area contributed by atoms with E-state index in [-0.39, 0.29) is 0 Å². The molecule has 0 aliphatic heterocycles. The highest BCUT2D eigenvalue weighted by Gasteiger charge is 2.08. The van der Waals surface area contributed by atoms with Gasteiger partial charge in [-0.2, -0.15) is 0 Å². The number of hydrogen-bond acceptors (Lipinski definition) is 6. The summed E-state index contributed by atoms with van der Waals surface area (Å²) in [6.45, 7) is 0.673. The fourth-order valence-corrected chi connectivity index (χ4v) is 1.78. The Bertz CT molecular complexity index is 546. The molecule has 0 spiro atoms. The molecule has 6 nitrogen and oxygen atoms in total. The van der Waals surface area contributed by atoms with E-state index in [9.17, 15) is 0 Å². The van der Waals surface area contributed by atoms with Crippen molar-refractivity contribution in [3.8, 4) is 5.75 Å². The van der Waals surface area contributed by atoms with E-state index in [1.165, 1.54) is 0 Å². The molecule has 0 fully saturated rings. The zero-order valence-electron chi connectivity index (χ0n) is 11.0. The van der Waals surface area contributed by atoms with Crippen LogP contribution in [0.25, 0.3) is 0 Å². The lowest BCUT2D eigenvalue weighted by molar-refractivity contribution is 0.409. The van der Waals surface area contributed by atoms with E-state index in [0.29, 0.717) is 12.4 Å². The van der Waals surface area contributed by atoms with Crippen molar-refractivity contribution in [3.63, 3.8) is 0 Å². The molecule has 0 aliphatic rings. The second kappa shape index (κ2) is 6.01. The normalized spacial score (nSPS) is 10.1. The number of para-hydroxylation sites is 1. The summed E-state index contributed by atoms with van der Waals surface area (Å²) in [6.07, 6.45) is 3.26. The molecule has 1 heterocycles. The summed E-state index contributed by atoms with van der Waals surface area (Å²) >= 11 is 0. The third kappa shape index (κ3) is 3.11. The molecule has 3 N–H and O–H groups in total. The minimum atomic E-state index is 0.532. The van der Waals surface area contributed by atoms with E-state index >= 15 is 0 Å². The van der Waals surface area contributed by atoms with Gasteiger partial charge in [0.25, 0.3) is 0 Å². The molecule has 0 unspecified atom stereocenters. The number of benzene rings is 1. The average Bonchev–Trinajstić information content (AvgIpc) is 2.47. The van der Waals surface area contributed by atoms with Crippen LogP contribution in [0.5, 0.6) is 5.75 Å². The molecule has 0 saturated carbocycles. The topological polar surface area (TPSA) is 76.3 Å². The van der Waals surface area contributed by atoms with Crippen molar-refractivity contribution in [2.75, 3.05) is 24.5 Å². The Balaban J connectivity index is 2.18. The highest BCUT2D eigenvalue weighted by Crippen LogP contribution is 2.21. The molecule has 0 amide bonds. The Morgan fingerprint density at radius 3 is 2.84 bits per heavy atom. The largest absolute Gasteiger partial charge is 0.496 e. The smallest absolute Gasteiger partial charge is 0.160 e. The second-order valence-electron chi connectivity index (χ2n) is 4.07. The number of hydrogen-bond donors (Lipinski definition) is 2. The van der Waals surface area contributed by atoms with Gasteiger partial charge in [-0.05, 0) is 6.07 Å². The summed E-state index contributed by atoms with van der Waals surface area (Å²) in [5.74, 6) is 7.45. The van der Waals surface area contributed by atoms with Crippen molar-refractivity contribution in [2.45, 2.75) is 6.54 Å². The van der Waals surface area contributed by atoms with E-state index in [2.05, 4.69) is 15.4 Å². The minimum Gasteiger partial charge on any atom is -0.496 e. The molecular weight excluding hydrogens is 242 g/mol. The summed E-state index contributed by atoms with van der Waals surface area (Å²) in [4.78, 5) is 10.4. The van der Waals surface area contributed by atoms with Gasteiger partial charge in [0, 0.05) is 19.2 Å². The average molecular weight is 259 g/mol. The molecule has 6 heteroatoms. The summed E-state index contributed by atoms with van der Waals surface area (Å²) in [5, 5.41) is 0. The molecule has 1 aromatic heterocycles. The standard InChI is InChI=1S/C13H17N5O/c1-18(13-8-15-7-12(16-13)17-14)9-10-5-3-4-6-11(10)19-2/h3-8H,9,14H2,1-2H3,(H,16,17). The van der Waals surface area contributed by atoms with Crippen LogP contribution in [0.15, 0.2) is 36.7 Å². The Kier molecular flexibility index (Phi) is 4.15. The first-order valence-corrected chi connectivity index (χ1v) is 5.86.